The Morgan fingerprint density at radius 1 is 1.32 bits per heavy atom. The maximum atomic E-state index is 11.9. The quantitative estimate of drug-likeness (QED) is 0.726. The molecule has 1 aromatic rings. The van der Waals surface area contributed by atoms with Gasteiger partial charge in [0.2, 0.25) is 10.0 Å². The van der Waals surface area contributed by atoms with Crippen molar-refractivity contribution in [3.8, 4) is 0 Å². The Balaban J connectivity index is 2.80. The van der Waals surface area contributed by atoms with E-state index in [1.807, 2.05) is 0 Å². The first-order chi connectivity index (χ1) is 8.75. The number of hydrogen-bond donors (Lipinski definition) is 3. The van der Waals surface area contributed by atoms with Crippen LogP contribution in [0, 0.1) is 0 Å². The fourth-order valence-corrected chi connectivity index (χ4v) is 3.45. The maximum absolute atomic E-state index is 11.9. The number of aliphatic hydroxyl groups excluding tert-OH is 1. The van der Waals surface area contributed by atoms with Gasteiger partial charge in [-0.05, 0) is 18.6 Å². The summed E-state index contributed by atoms with van der Waals surface area (Å²) in [6, 6.07) is 4.24. The molecule has 6 nitrogen and oxygen atoms in total. The van der Waals surface area contributed by atoms with Gasteiger partial charge in [0.05, 0.1) is 10.0 Å². The molecular formula is C10H11Cl2NO5S. The van der Waals surface area contributed by atoms with Crippen molar-refractivity contribution >= 4 is 39.2 Å². The molecule has 1 atom stereocenters. The van der Waals surface area contributed by atoms with Gasteiger partial charge in [-0.3, -0.25) is 0 Å². The van der Waals surface area contributed by atoms with Gasteiger partial charge in [0.25, 0.3) is 0 Å². The highest BCUT2D eigenvalue weighted by molar-refractivity contribution is 7.89. The second kappa shape index (κ2) is 6.53. The smallest absolute Gasteiger partial charge is 0.332 e. The number of hydrogen-bond acceptors (Lipinski definition) is 4. The molecule has 0 bridgehead atoms. The van der Waals surface area contributed by atoms with Crippen LogP contribution < -0.4 is 4.72 Å². The van der Waals surface area contributed by atoms with E-state index in [1.165, 1.54) is 18.2 Å². The molecule has 0 aliphatic heterocycles. The highest BCUT2D eigenvalue weighted by Crippen LogP contribution is 2.28. The Kier molecular flexibility index (Phi) is 5.57. The monoisotopic (exact) mass is 327 g/mol. The van der Waals surface area contributed by atoms with Crippen LogP contribution in [0.5, 0.6) is 0 Å². The van der Waals surface area contributed by atoms with Crippen LogP contribution in [-0.2, 0) is 14.8 Å². The lowest BCUT2D eigenvalue weighted by atomic mass is 10.3. The minimum absolute atomic E-state index is 0.0428. The molecule has 0 saturated carbocycles. The lowest BCUT2D eigenvalue weighted by molar-refractivity contribution is -0.146. The number of halogens is 2. The molecule has 106 valence electrons. The number of rotatable bonds is 6. The molecule has 1 unspecified atom stereocenters. The molecule has 1 aromatic carbocycles. The van der Waals surface area contributed by atoms with Crippen molar-refractivity contribution < 1.29 is 23.4 Å². The summed E-state index contributed by atoms with van der Waals surface area (Å²) in [4.78, 5) is 10.1. The van der Waals surface area contributed by atoms with E-state index in [4.69, 9.17) is 33.4 Å². The molecule has 0 amide bonds. The molecule has 1 rings (SSSR count). The lowest BCUT2D eigenvalue weighted by Gasteiger charge is -2.10. The SMILES string of the molecule is O=C(O)C(O)CCNS(=O)(=O)c1c(Cl)cccc1Cl. The van der Waals surface area contributed by atoms with Crippen LogP contribution in [0.4, 0.5) is 0 Å². The summed E-state index contributed by atoms with van der Waals surface area (Å²) in [6.45, 7) is -0.253. The van der Waals surface area contributed by atoms with Gasteiger partial charge in [-0.2, -0.15) is 0 Å². The van der Waals surface area contributed by atoms with E-state index >= 15 is 0 Å². The summed E-state index contributed by atoms with van der Waals surface area (Å²) >= 11 is 11.5. The minimum atomic E-state index is -3.96. The van der Waals surface area contributed by atoms with Gasteiger partial charge in [0.15, 0.2) is 6.10 Å². The van der Waals surface area contributed by atoms with E-state index in [0.29, 0.717) is 0 Å². The van der Waals surface area contributed by atoms with Crippen molar-refractivity contribution in [1.29, 1.82) is 0 Å². The third-order valence-electron chi connectivity index (χ3n) is 2.18. The zero-order chi connectivity index (χ0) is 14.6. The average molecular weight is 328 g/mol. The molecule has 0 spiro atoms. The number of carboxylic acids is 1. The van der Waals surface area contributed by atoms with Crippen LogP contribution in [0.1, 0.15) is 6.42 Å². The fraction of sp³-hybridized carbons (Fsp3) is 0.300. The maximum Gasteiger partial charge on any atom is 0.332 e. The Bertz CT molecular complexity index is 555. The van der Waals surface area contributed by atoms with Crippen LogP contribution in [0.15, 0.2) is 23.1 Å². The molecule has 9 heteroatoms. The number of aliphatic hydroxyl groups is 1. The molecular weight excluding hydrogens is 317 g/mol. The highest BCUT2D eigenvalue weighted by Gasteiger charge is 2.22. The van der Waals surface area contributed by atoms with Crippen molar-refractivity contribution in [3.63, 3.8) is 0 Å². The van der Waals surface area contributed by atoms with Crippen LogP contribution in [0.25, 0.3) is 0 Å². The van der Waals surface area contributed by atoms with E-state index in [1.54, 1.807) is 0 Å². The van der Waals surface area contributed by atoms with E-state index in [-0.39, 0.29) is 27.9 Å². The van der Waals surface area contributed by atoms with E-state index in [2.05, 4.69) is 4.72 Å². The topological polar surface area (TPSA) is 104 Å². The molecule has 0 aromatic heterocycles. The average Bonchev–Trinajstić information content (AvgIpc) is 2.27. The largest absolute Gasteiger partial charge is 0.479 e. The summed E-state index contributed by atoms with van der Waals surface area (Å²) in [5.74, 6) is -1.42. The first kappa shape index (κ1) is 16.2. The molecule has 3 N–H and O–H groups in total. The van der Waals surface area contributed by atoms with Gasteiger partial charge >= 0.3 is 5.97 Å². The van der Waals surface area contributed by atoms with Gasteiger partial charge in [0.1, 0.15) is 4.90 Å². The number of carboxylic acid groups (broad SMARTS) is 1. The van der Waals surface area contributed by atoms with Gasteiger partial charge in [0, 0.05) is 6.54 Å². The first-order valence-corrected chi connectivity index (χ1v) is 7.34. The molecule has 0 aliphatic rings. The summed E-state index contributed by atoms with van der Waals surface area (Å²) in [5, 5.41) is 17.4. The summed E-state index contributed by atoms with van der Waals surface area (Å²) in [5.41, 5.74) is 0. The van der Waals surface area contributed by atoms with Crippen molar-refractivity contribution in [1.82, 2.24) is 4.72 Å². The van der Waals surface area contributed by atoms with Crippen molar-refractivity contribution in [2.75, 3.05) is 6.54 Å². The van der Waals surface area contributed by atoms with Gasteiger partial charge in [-0.15, -0.1) is 0 Å². The van der Waals surface area contributed by atoms with Crippen molar-refractivity contribution in [2.24, 2.45) is 0 Å². The molecule has 0 saturated heterocycles. The molecule has 0 radical (unpaired) electrons. The minimum Gasteiger partial charge on any atom is -0.479 e. The second-order valence-corrected chi connectivity index (χ2v) is 6.11. The Hall–Kier alpha value is -0.860. The number of nitrogens with one attached hydrogen (secondary N) is 1. The lowest BCUT2D eigenvalue weighted by Crippen LogP contribution is -2.30. The fourth-order valence-electron chi connectivity index (χ4n) is 1.26. The van der Waals surface area contributed by atoms with E-state index in [9.17, 15) is 13.2 Å². The third kappa shape index (κ3) is 4.32. The summed E-state index contributed by atoms with van der Waals surface area (Å²) in [6.07, 6.45) is -1.90. The summed E-state index contributed by atoms with van der Waals surface area (Å²) < 4.78 is 26.0. The van der Waals surface area contributed by atoms with Crippen LogP contribution in [0.3, 0.4) is 0 Å². The molecule has 0 fully saturated rings. The van der Waals surface area contributed by atoms with Crippen LogP contribution in [0.2, 0.25) is 10.0 Å². The number of benzene rings is 1. The predicted octanol–water partition coefficient (Wildman–Crippen LogP) is 1.11. The predicted molar refractivity (Wildman–Crippen MR) is 69.9 cm³/mol. The van der Waals surface area contributed by atoms with Gasteiger partial charge in [-0.25, -0.2) is 17.9 Å². The summed E-state index contributed by atoms with van der Waals surface area (Å²) in [7, 11) is -3.96. The van der Waals surface area contributed by atoms with Crippen molar-refractivity contribution in [3.05, 3.63) is 28.2 Å². The van der Waals surface area contributed by atoms with E-state index in [0.717, 1.165) is 0 Å². The highest BCUT2D eigenvalue weighted by atomic mass is 35.5. The van der Waals surface area contributed by atoms with E-state index < -0.39 is 22.1 Å². The molecule has 0 heterocycles. The first-order valence-electron chi connectivity index (χ1n) is 5.10. The zero-order valence-electron chi connectivity index (χ0n) is 9.51. The zero-order valence-corrected chi connectivity index (χ0v) is 11.8. The molecule has 19 heavy (non-hydrogen) atoms. The Morgan fingerprint density at radius 2 is 1.84 bits per heavy atom. The number of aliphatic carboxylic acids is 1. The Labute approximate surface area is 120 Å². The normalized spacial score (nSPS) is 13.2. The van der Waals surface area contributed by atoms with Gasteiger partial charge < -0.3 is 10.2 Å². The number of sulfonamides is 1. The van der Waals surface area contributed by atoms with Crippen LogP contribution in [-0.4, -0.2) is 37.2 Å². The second-order valence-electron chi connectivity index (χ2n) is 3.59. The standard InChI is InChI=1S/C10H11Cl2NO5S/c11-6-2-1-3-7(12)9(6)19(17,18)13-5-4-8(14)10(15)16/h1-3,8,13-14H,4-5H2,(H,15,16). The van der Waals surface area contributed by atoms with Crippen molar-refractivity contribution in [2.45, 2.75) is 17.4 Å². The third-order valence-corrected chi connectivity index (χ3v) is 4.60. The van der Waals surface area contributed by atoms with Crippen LogP contribution >= 0.6 is 23.2 Å². The van der Waals surface area contributed by atoms with Gasteiger partial charge in [-0.1, -0.05) is 29.3 Å². The number of carbonyl (C=O) groups is 1. The Morgan fingerprint density at radius 3 is 2.32 bits per heavy atom. The molecule has 0 aliphatic carbocycles.